The van der Waals surface area contributed by atoms with E-state index < -0.39 is 0 Å². The molecule has 32 heavy (non-hydrogen) atoms. The third-order valence-electron chi connectivity index (χ3n) is 5.05. The Hall–Kier alpha value is -3.62. The first-order valence-electron chi connectivity index (χ1n) is 9.74. The van der Waals surface area contributed by atoms with Gasteiger partial charge in [0.15, 0.2) is 0 Å². The zero-order valence-electron chi connectivity index (χ0n) is 17.2. The van der Waals surface area contributed by atoms with E-state index in [1.165, 1.54) is 11.3 Å². The predicted molar refractivity (Wildman–Crippen MR) is 128 cm³/mol. The van der Waals surface area contributed by atoms with Crippen molar-refractivity contribution in [2.75, 3.05) is 12.4 Å². The number of rotatable bonds is 5. The highest BCUT2D eigenvalue weighted by Crippen LogP contribution is 2.31. The Morgan fingerprint density at radius 2 is 1.97 bits per heavy atom. The number of nitrogens with zero attached hydrogens (tertiary/aromatic N) is 3. The summed E-state index contributed by atoms with van der Waals surface area (Å²) in [7, 11) is 3.42. The molecule has 0 bridgehead atoms. The maximum atomic E-state index is 12.9. The number of nitrogens with one attached hydrogen (secondary N) is 2. The van der Waals surface area contributed by atoms with Crippen LogP contribution in [0.4, 0.5) is 5.82 Å². The van der Waals surface area contributed by atoms with Crippen molar-refractivity contribution in [3.8, 4) is 27.7 Å². The zero-order valence-corrected chi connectivity index (χ0v) is 18.8. The van der Waals surface area contributed by atoms with Crippen molar-refractivity contribution >= 4 is 45.7 Å². The summed E-state index contributed by atoms with van der Waals surface area (Å²) in [6, 6.07) is 16.6. The zero-order chi connectivity index (χ0) is 22.2. The summed E-state index contributed by atoms with van der Waals surface area (Å²) in [5.74, 6) is 1.88. The number of anilines is 1. The van der Waals surface area contributed by atoms with E-state index in [0.29, 0.717) is 16.4 Å². The molecule has 0 aliphatic heterocycles. The van der Waals surface area contributed by atoms with Crippen molar-refractivity contribution in [2.24, 2.45) is 7.05 Å². The van der Waals surface area contributed by atoms with Crippen LogP contribution < -0.4 is 10.1 Å². The van der Waals surface area contributed by atoms with Gasteiger partial charge in [-0.25, -0.2) is 4.98 Å². The molecule has 3 aromatic heterocycles. The first-order valence-corrected chi connectivity index (χ1v) is 11.0. The summed E-state index contributed by atoms with van der Waals surface area (Å²) in [6.07, 6.45) is 0. The Morgan fingerprint density at radius 3 is 2.72 bits per heavy atom. The van der Waals surface area contributed by atoms with E-state index in [4.69, 9.17) is 16.3 Å². The fraction of sp³-hybridized carbons (Fsp3) is 0.0870. The van der Waals surface area contributed by atoms with Gasteiger partial charge in [-0.15, -0.1) is 11.3 Å². The number of methoxy groups -OCH3 is 1. The molecule has 2 N–H and O–H groups in total. The van der Waals surface area contributed by atoms with E-state index in [1.807, 2.05) is 47.8 Å². The summed E-state index contributed by atoms with van der Waals surface area (Å²) in [4.78, 5) is 21.7. The molecule has 0 fully saturated rings. The first-order chi connectivity index (χ1) is 15.5. The van der Waals surface area contributed by atoms with Crippen molar-refractivity contribution in [1.29, 1.82) is 0 Å². The van der Waals surface area contributed by atoms with Crippen molar-refractivity contribution in [3.05, 3.63) is 70.6 Å². The minimum absolute atomic E-state index is 0.229. The van der Waals surface area contributed by atoms with Crippen LogP contribution in [0.15, 0.2) is 60.0 Å². The quantitative estimate of drug-likeness (QED) is 0.355. The third kappa shape index (κ3) is 3.86. The Morgan fingerprint density at radius 1 is 1.16 bits per heavy atom. The highest BCUT2D eigenvalue weighted by Gasteiger charge is 2.15. The second-order valence-corrected chi connectivity index (χ2v) is 8.52. The molecule has 7 nitrogen and oxygen atoms in total. The standard InChI is InChI=1S/C23H18ClN5O2S/c1-29-21(11-19(28-29)20-10-16(31-2)12-32-20)27-23(30)14-5-8-17-18(9-14)26-22(25-17)13-3-6-15(24)7-4-13/h3-12H,1-2H3,(H,25,26)(H,27,30). The fourth-order valence-corrected chi connectivity index (χ4v) is 4.29. The lowest BCUT2D eigenvalue weighted by Gasteiger charge is -2.05. The summed E-state index contributed by atoms with van der Waals surface area (Å²) in [5, 5.41) is 10.0. The molecule has 0 saturated heterocycles. The molecule has 0 atom stereocenters. The van der Waals surface area contributed by atoms with Gasteiger partial charge in [0.25, 0.3) is 5.91 Å². The lowest BCUT2D eigenvalue weighted by molar-refractivity contribution is 0.102. The monoisotopic (exact) mass is 463 g/mol. The van der Waals surface area contributed by atoms with Gasteiger partial charge in [0.2, 0.25) is 0 Å². The number of halogens is 1. The number of amides is 1. The number of ether oxygens (including phenoxy) is 1. The highest BCUT2D eigenvalue weighted by atomic mass is 35.5. The number of imidazole rings is 1. The summed E-state index contributed by atoms with van der Waals surface area (Å²) < 4.78 is 6.88. The number of thiophene rings is 1. The molecule has 5 rings (SSSR count). The van der Waals surface area contributed by atoms with Crippen LogP contribution in [-0.2, 0) is 7.05 Å². The maximum Gasteiger partial charge on any atom is 0.256 e. The highest BCUT2D eigenvalue weighted by molar-refractivity contribution is 7.13. The topological polar surface area (TPSA) is 84.8 Å². The van der Waals surface area contributed by atoms with Gasteiger partial charge in [0.1, 0.15) is 23.1 Å². The van der Waals surface area contributed by atoms with Crippen molar-refractivity contribution in [2.45, 2.75) is 0 Å². The Bertz CT molecular complexity index is 1430. The SMILES string of the molecule is COc1csc(-c2cc(NC(=O)c3ccc4nc(-c5ccc(Cl)cc5)[nH]c4c3)n(C)n2)c1. The molecule has 9 heteroatoms. The van der Waals surface area contributed by atoms with Crippen LogP contribution in [0.2, 0.25) is 5.02 Å². The van der Waals surface area contributed by atoms with E-state index in [0.717, 1.165) is 38.7 Å². The number of fused-ring (bicyclic) bond motifs is 1. The average molecular weight is 464 g/mol. The van der Waals surface area contributed by atoms with E-state index in [1.54, 1.807) is 31.0 Å². The molecule has 0 spiro atoms. The average Bonchev–Trinajstić information content (AvgIpc) is 3.52. The van der Waals surface area contributed by atoms with Crippen LogP contribution in [0.3, 0.4) is 0 Å². The van der Waals surface area contributed by atoms with Crippen LogP contribution in [-0.4, -0.2) is 32.8 Å². The van der Waals surface area contributed by atoms with Gasteiger partial charge < -0.3 is 15.0 Å². The van der Waals surface area contributed by atoms with Gasteiger partial charge in [-0.1, -0.05) is 11.6 Å². The Kier molecular flexibility index (Phi) is 5.16. The van der Waals surface area contributed by atoms with E-state index >= 15 is 0 Å². The molecule has 0 unspecified atom stereocenters. The largest absolute Gasteiger partial charge is 0.496 e. The number of hydrogen-bond donors (Lipinski definition) is 2. The normalized spacial score (nSPS) is 11.1. The lowest BCUT2D eigenvalue weighted by atomic mass is 10.2. The summed E-state index contributed by atoms with van der Waals surface area (Å²) in [6.45, 7) is 0. The molecular weight excluding hydrogens is 446 g/mol. The van der Waals surface area contributed by atoms with Crippen LogP contribution >= 0.6 is 22.9 Å². The smallest absolute Gasteiger partial charge is 0.256 e. The van der Waals surface area contributed by atoms with Crippen LogP contribution in [0.25, 0.3) is 33.0 Å². The van der Waals surface area contributed by atoms with Crippen molar-refractivity contribution < 1.29 is 9.53 Å². The number of benzene rings is 2. The first kappa shape index (κ1) is 20.3. The number of aromatic amines is 1. The van der Waals surface area contributed by atoms with Gasteiger partial charge in [0.05, 0.1) is 23.0 Å². The maximum absolute atomic E-state index is 12.9. The summed E-state index contributed by atoms with van der Waals surface area (Å²) >= 11 is 7.50. The van der Waals surface area contributed by atoms with Gasteiger partial charge in [-0.2, -0.15) is 5.10 Å². The predicted octanol–water partition coefficient (Wildman–Crippen LogP) is 5.61. The second-order valence-electron chi connectivity index (χ2n) is 7.17. The van der Waals surface area contributed by atoms with Crippen molar-refractivity contribution in [3.63, 3.8) is 0 Å². The van der Waals surface area contributed by atoms with Crippen LogP contribution in [0.1, 0.15) is 10.4 Å². The number of carbonyl (C=O) groups excluding carboxylic acids is 1. The molecule has 5 aromatic rings. The number of carbonyl (C=O) groups is 1. The summed E-state index contributed by atoms with van der Waals surface area (Å²) in [5.41, 5.74) is 3.77. The number of hydrogen-bond acceptors (Lipinski definition) is 5. The molecule has 0 aliphatic rings. The van der Waals surface area contributed by atoms with Crippen LogP contribution in [0.5, 0.6) is 5.75 Å². The number of aryl methyl sites for hydroxylation is 1. The van der Waals surface area contributed by atoms with Gasteiger partial charge in [-0.05, 0) is 42.5 Å². The van der Waals surface area contributed by atoms with E-state index in [2.05, 4.69) is 20.4 Å². The van der Waals surface area contributed by atoms with Crippen LogP contribution in [0, 0.1) is 0 Å². The van der Waals surface area contributed by atoms with Gasteiger partial charge in [-0.3, -0.25) is 9.48 Å². The Balaban J connectivity index is 1.38. The van der Waals surface area contributed by atoms with Gasteiger partial charge in [0, 0.05) is 40.7 Å². The van der Waals surface area contributed by atoms with Gasteiger partial charge >= 0.3 is 0 Å². The minimum Gasteiger partial charge on any atom is -0.496 e. The molecule has 160 valence electrons. The second kappa shape index (κ2) is 8.14. The lowest BCUT2D eigenvalue weighted by Crippen LogP contribution is -2.14. The Labute approximate surface area is 192 Å². The minimum atomic E-state index is -0.229. The molecule has 3 heterocycles. The van der Waals surface area contributed by atoms with E-state index in [-0.39, 0.29) is 5.91 Å². The number of H-pyrrole nitrogens is 1. The third-order valence-corrected chi connectivity index (χ3v) is 6.23. The van der Waals surface area contributed by atoms with Crippen molar-refractivity contribution in [1.82, 2.24) is 19.7 Å². The molecule has 1 amide bonds. The molecular formula is C23H18ClN5O2S. The fourth-order valence-electron chi connectivity index (χ4n) is 3.35. The van der Waals surface area contributed by atoms with E-state index in [9.17, 15) is 4.79 Å². The molecule has 0 saturated carbocycles. The number of aromatic nitrogens is 4. The molecule has 0 radical (unpaired) electrons. The molecule has 2 aromatic carbocycles. The molecule has 0 aliphatic carbocycles.